The van der Waals surface area contributed by atoms with Gasteiger partial charge in [0.25, 0.3) is 0 Å². The van der Waals surface area contributed by atoms with Crippen LogP contribution in [0, 0.1) is 0 Å². The Morgan fingerprint density at radius 2 is 2.00 bits per heavy atom. The highest BCUT2D eigenvalue weighted by atomic mass is 32.2. The summed E-state index contributed by atoms with van der Waals surface area (Å²) in [5.74, 6) is -0.443. The molecule has 1 atom stereocenters. The number of likely N-dealkylation sites (N-methyl/N-ethyl adjacent to an activating group) is 1. The number of rotatable bonds is 8. The van der Waals surface area contributed by atoms with E-state index in [2.05, 4.69) is 9.46 Å². The van der Waals surface area contributed by atoms with Gasteiger partial charge in [-0.15, -0.1) is 0 Å². The normalized spacial score (nSPS) is 13.7. The molecule has 0 rings (SSSR count). The molecule has 102 valence electrons. The van der Waals surface area contributed by atoms with Crippen LogP contribution in [0.15, 0.2) is 0 Å². The third kappa shape index (κ3) is 9.08. The molecule has 0 heterocycles. The molecule has 1 unspecified atom stereocenters. The number of hydrogen-bond acceptors (Lipinski definition) is 5. The van der Waals surface area contributed by atoms with Crippen molar-refractivity contribution in [2.45, 2.75) is 25.8 Å². The van der Waals surface area contributed by atoms with Crippen molar-refractivity contribution in [1.29, 1.82) is 0 Å². The largest absolute Gasteiger partial charge is 0.469 e. The highest BCUT2D eigenvalue weighted by Gasteiger charge is 2.15. The molecule has 0 aromatic rings. The molecule has 0 bridgehead atoms. The molecular formula is C10H22N2O4S. The van der Waals surface area contributed by atoms with Crippen LogP contribution in [-0.2, 0) is 19.6 Å². The van der Waals surface area contributed by atoms with Crippen molar-refractivity contribution < 1.29 is 17.9 Å². The van der Waals surface area contributed by atoms with Crippen LogP contribution in [0.1, 0.15) is 19.8 Å². The van der Waals surface area contributed by atoms with Gasteiger partial charge in [-0.2, -0.15) is 0 Å². The lowest BCUT2D eigenvalue weighted by Crippen LogP contribution is -2.40. The monoisotopic (exact) mass is 266 g/mol. The predicted molar refractivity (Wildman–Crippen MR) is 66.2 cm³/mol. The summed E-state index contributed by atoms with van der Waals surface area (Å²) >= 11 is 0. The SMILES string of the molecule is COC(=O)CCCS(=O)(=O)NC(C)CN(C)C. The second kappa shape index (κ2) is 7.62. The average Bonchev–Trinajstić information content (AvgIpc) is 2.14. The number of methoxy groups -OCH3 is 1. The highest BCUT2D eigenvalue weighted by molar-refractivity contribution is 7.89. The van der Waals surface area contributed by atoms with Gasteiger partial charge in [-0.1, -0.05) is 0 Å². The van der Waals surface area contributed by atoms with Gasteiger partial charge >= 0.3 is 5.97 Å². The summed E-state index contributed by atoms with van der Waals surface area (Å²) in [6, 6.07) is -0.145. The van der Waals surface area contributed by atoms with E-state index in [1.807, 2.05) is 19.0 Å². The first-order valence-corrected chi connectivity index (χ1v) is 7.13. The number of esters is 1. The molecule has 0 aliphatic carbocycles. The number of nitrogens with zero attached hydrogens (tertiary/aromatic N) is 1. The minimum Gasteiger partial charge on any atom is -0.469 e. The molecule has 0 aliphatic rings. The van der Waals surface area contributed by atoms with E-state index in [9.17, 15) is 13.2 Å². The van der Waals surface area contributed by atoms with E-state index < -0.39 is 10.0 Å². The Kier molecular flexibility index (Phi) is 7.33. The molecule has 6 nitrogen and oxygen atoms in total. The lowest BCUT2D eigenvalue weighted by Gasteiger charge is -2.18. The van der Waals surface area contributed by atoms with E-state index in [1.54, 1.807) is 6.92 Å². The number of carbonyl (C=O) groups excluding carboxylic acids is 1. The maximum atomic E-state index is 11.6. The third-order valence-electron chi connectivity index (χ3n) is 2.04. The highest BCUT2D eigenvalue weighted by Crippen LogP contribution is 1.98. The fourth-order valence-electron chi connectivity index (χ4n) is 1.46. The summed E-state index contributed by atoms with van der Waals surface area (Å²) in [6.07, 6.45) is 0.399. The van der Waals surface area contributed by atoms with Gasteiger partial charge in [-0.05, 0) is 27.4 Å². The van der Waals surface area contributed by atoms with Crippen molar-refractivity contribution in [1.82, 2.24) is 9.62 Å². The van der Waals surface area contributed by atoms with E-state index >= 15 is 0 Å². The van der Waals surface area contributed by atoms with Gasteiger partial charge in [0.05, 0.1) is 12.9 Å². The first-order valence-electron chi connectivity index (χ1n) is 5.48. The van der Waals surface area contributed by atoms with Crippen LogP contribution in [0.2, 0.25) is 0 Å². The molecule has 0 spiro atoms. The van der Waals surface area contributed by atoms with Crippen LogP contribution in [0.4, 0.5) is 0 Å². The molecule has 0 aromatic carbocycles. The van der Waals surface area contributed by atoms with Crippen molar-refractivity contribution in [3.05, 3.63) is 0 Å². The molecule has 1 N–H and O–H groups in total. The van der Waals surface area contributed by atoms with E-state index in [4.69, 9.17) is 0 Å². The molecule has 0 saturated carbocycles. The second-order valence-corrected chi connectivity index (χ2v) is 6.15. The molecule has 17 heavy (non-hydrogen) atoms. The number of nitrogens with one attached hydrogen (secondary N) is 1. The molecule has 7 heteroatoms. The van der Waals surface area contributed by atoms with Gasteiger partial charge in [-0.25, -0.2) is 13.1 Å². The standard InChI is InChI=1S/C10H22N2O4S/c1-9(8-12(2)3)11-17(14,15)7-5-6-10(13)16-4/h9,11H,5-8H2,1-4H3. The summed E-state index contributed by atoms with van der Waals surface area (Å²) in [5.41, 5.74) is 0. The zero-order valence-electron chi connectivity index (χ0n) is 10.9. The Hall–Kier alpha value is -0.660. The molecule has 0 aliphatic heterocycles. The van der Waals surface area contributed by atoms with E-state index in [0.717, 1.165) is 0 Å². The topological polar surface area (TPSA) is 75.7 Å². The quantitative estimate of drug-likeness (QED) is 0.616. The fourth-order valence-corrected chi connectivity index (χ4v) is 2.79. The first-order chi connectivity index (χ1) is 7.76. The summed E-state index contributed by atoms with van der Waals surface area (Å²) in [4.78, 5) is 12.7. The Morgan fingerprint density at radius 3 is 2.47 bits per heavy atom. The Balaban J connectivity index is 3.99. The van der Waals surface area contributed by atoms with Gasteiger partial charge in [0, 0.05) is 19.0 Å². The van der Waals surface area contributed by atoms with E-state index in [0.29, 0.717) is 6.54 Å². The maximum Gasteiger partial charge on any atom is 0.305 e. The fraction of sp³-hybridized carbons (Fsp3) is 0.900. The van der Waals surface area contributed by atoms with Crippen LogP contribution in [0.25, 0.3) is 0 Å². The van der Waals surface area contributed by atoms with Crippen LogP contribution in [0.3, 0.4) is 0 Å². The zero-order chi connectivity index (χ0) is 13.5. The molecule has 0 amide bonds. The molecule has 0 radical (unpaired) electrons. The van der Waals surface area contributed by atoms with Crippen LogP contribution in [0.5, 0.6) is 0 Å². The second-order valence-electron chi connectivity index (χ2n) is 4.28. The Labute approximate surface area is 103 Å². The van der Waals surface area contributed by atoms with Crippen molar-refractivity contribution in [3.8, 4) is 0 Å². The van der Waals surface area contributed by atoms with Crippen molar-refractivity contribution in [3.63, 3.8) is 0 Å². The number of hydrogen-bond donors (Lipinski definition) is 1. The maximum absolute atomic E-state index is 11.6. The van der Waals surface area contributed by atoms with Gasteiger partial charge in [0.2, 0.25) is 10.0 Å². The van der Waals surface area contributed by atoms with Gasteiger partial charge in [0.15, 0.2) is 0 Å². The van der Waals surface area contributed by atoms with E-state index in [1.165, 1.54) is 7.11 Å². The number of ether oxygens (including phenoxy) is 1. The minimum atomic E-state index is -3.31. The number of sulfonamides is 1. The lowest BCUT2D eigenvalue weighted by molar-refractivity contribution is -0.140. The van der Waals surface area contributed by atoms with Crippen LogP contribution < -0.4 is 4.72 Å². The van der Waals surface area contributed by atoms with Crippen molar-refractivity contribution in [2.24, 2.45) is 0 Å². The molecule has 0 aromatic heterocycles. The van der Waals surface area contributed by atoms with Gasteiger partial charge in [0.1, 0.15) is 0 Å². The molecule has 0 fully saturated rings. The molecular weight excluding hydrogens is 244 g/mol. The first kappa shape index (κ1) is 16.3. The summed E-state index contributed by atoms with van der Waals surface area (Å²) in [7, 11) is 1.73. The van der Waals surface area contributed by atoms with Crippen molar-refractivity contribution in [2.75, 3.05) is 33.5 Å². The zero-order valence-corrected chi connectivity index (χ0v) is 11.7. The number of carbonyl (C=O) groups is 1. The van der Waals surface area contributed by atoms with E-state index in [-0.39, 0.29) is 30.6 Å². The van der Waals surface area contributed by atoms with Crippen LogP contribution in [-0.4, -0.2) is 58.8 Å². The van der Waals surface area contributed by atoms with Gasteiger partial charge < -0.3 is 9.64 Å². The van der Waals surface area contributed by atoms with Crippen molar-refractivity contribution >= 4 is 16.0 Å². The average molecular weight is 266 g/mol. The summed E-state index contributed by atoms with van der Waals surface area (Å²) < 4.78 is 30.2. The summed E-state index contributed by atoms with van der Waals surface area (Å²) in [5, 5.41) is 0. The predicted octanol–water partition coefficient (Wildman–Crippen LogP) is -0.191. The third-order valence-corrected chi connectivity index (χ3v) is 3.63. The Morgan fingerprint density at radius 1 is 1.41 bits per heavy atom. The molecule has 0 saturated heterocycles. The van der Waals surface area contributed by atoms with Gasteiger partial charge in [-0.3, -0.25) is 4.79 Å². The lowest BCUT2D eigenvalue weighted by atomic mass is 10.3. The van der Waals surface area contributed by atoms with Crippen LogP contribution >= 0.6 is 0 Å². The summed E-state index contributed by atoms with van der Waals surface area (Å²) in [6.45, 7) is 2.44. The minimum absolute atomic E-state index is 0.0557. The smallest absolute Gasteiger partial charge is 0.305 e. The Bertz CT molecular complexity index is 327.